The van der Waals surface area contributed by atoms with Crippen LogP contribution in [0.3, 0.4) is 0 Å². The van der Waals surface area contributed by atoms with Crippen molar-refractivity contribution >= 4 is 130 Å². The summed E-state index contributed by atoms with van der Waals surface area (Å²) < 4.78 is 9.95. The Hall–Kier alpha value is -12.9. The summed E-state index contributed by atoms with van der Waals surface area (Å²) in [7, 11) is 0. The van der Waals surface area contributed by atoms with Crippen LogP contribution in [0.2, 0.25) is 0 Å². The van der Waals surface area contributed by atoms with Crippen molar-refractivity contribution in [3.8, 4) is 62.7 Å². The molecule has 0 bridgehead atoms. The molecular weight excluding hydrogens is 1140 g/mol. The maximum Gasteiger partial charge on any atom is 0.160 e. The first kappa shape index (κ1) is 51.9. The first-order valence-electron chi connectivity index (χ1n) is 31.9. The Morgan fingerprint density at radius 1 is 0.234 bits per heavy atom. The van der Waals surface area contributed by atoms with Gasteiger partial charge in [-0.25, -0.2) is 9.97 Å². The van der Waals surface area contributed by atoms with Crippen molar-refractivity contribution in [1.29, 1.82) is 5.26 Å². The van der Waals surface area contributed by atoms with Gasteiger partial charge in [0.15, 0.2) is 5.82 Å². The summed E-state index contributed by atoms with van der Waals surface area (Å²) in [5, 5.41) is 31.1. The van der Waals surface area contributed by atoms with E-state index in [2.05, 4.69) is 309 Å². The Labute approximate surface area is 538 Å². The number of para-hydroxylation sites is 4. The van der Waals surface area contributed by atoms with E-state index in [1.165, 1.54) is 0 Å². The first-order chi connectivity index (χ1) is 46.6. The minimum atomic E-state index is 0.436. The van der Waals surface area contributed by atoms with Crippen LogP contribution < -0.4 is 0 Å². The molecule has 0 fully saturated rings. The van der Waals surface area contributed by atoms with Gasteiger partial charge in [-0.2, -0.15) is 5.26 Å². The normalized spacial score (nSPS) is 12.0. The van der Waals surface area contributed by atoms with Crippen LogP contribution >= 0.6 is 0 Å². The smallest absolute Gasteiger partial charge is 0.160 e. The molecule has 7 nitrogen and oxygen atoms in total. The Morgan fingerprint density at radius 2 is 0.521 bits per heavy atom. The number of hydrogen-bond acceptors (Lipinski definition) is 3. The molecule has 0 saturated heterocycles. The van der Waals surface area contributed by atoms with Crippen molar-refractivity contribution in [2.45, 2.75) is 0 Å². The van der Waals surface area contributed by atoms with Crippen molar-refractivity contribution in [2.75, 3.05) is 0 Å². The van der Waals surface area contributed by atoms with Gasteiger partial charge < -0.3 is 18.3 Å². The number of rotatable bonds is 7. The minimum Gasteiger partial charge on any atom is -0.306 e. The first-order valence-corrected chi connectivity index (χ1v) is 31.9. The van der Waals surface area contributed by atoms with Gasteiger partial charge in [-0.3, -0.25) is 0 Å². The molecule has 7 heteroatoms. The van der Waals surface area contributed by atoms with E-state index < -0.39 is 0 Å². The Morgan fingerprint density at radius 3 is 0.894 bits per heavy atom. The Kier molecular flexibility index (Phi) is 11.1. The standard InChI is InChI=1S/C87H51N7/c88-52-71-82(73-51-72(53-23-3-1-4-24-53)89-87(90-73)54-25-5-2-6-26-54)84(92-75-40-20-16-36-64(75)68-44-56-28-8-12-32-60(56)48-79(68)92)86(94-77-42-22-18-38-66(77)70-46-58-30-10-14-34-62(58)50-81(70)94)85(93-76-41-21-17-37-65(76)69-45-57-29-9-13-33-61(57)49-80(69)93)83(71)91-74-39-19-15-35-63(74)67-43-55-27-7-11-31-59(55)47-78(67)91/h1-51H. The largest absolute Gasteiger partial charge is 0.306 e. The lowest BCUT2D eigenvalue weighted by atomic mass is 9.94. The summed E-state index contributed by atoms with van der Waals surface area (Å²) in [4.78, 5) is 11.4. The SMILES string of the molecule is N#Cc1c(-c2cc(-c3ccccc3)nc(-c3ccccc3)n2)c(-n2c3ccccc3c3cc4ccccc4cc32)c(-n2c3ccccc3c3cc4ccccc4cc32)c(-n2c3ccccc3c3cc4ccccc4cc32)c1-n1c2ccccc2c2cc3ccccc3cc21. The van der Waals surface area contributed by atoms with Gasteiger partial charge in [0.2, 0.25) is 0 Å². The molecule has 5 heterocycles. The van der Waals surface area contributed by atoms with Crippen LogP contribution in [-0.4, -0.2) is 28.2 Å². The molecule has 0 aliphatic heterocycles. The molecule has 20 rings (SSSR count). The second-order valence-corrected chi connectivity index (χ2v) is 24.7. The van der Waals surface area contributed by atoms with Crippen LogP contribution in [0.4, 0.5) is 0 Å². The molecule has 0 unspecified atom stereocenters. The van der Waals surface area contributed by atoms with Crippen molar-refractivity contribution < 1.29 is 0 Å². The molecule has 0 radical (unpaired) electrons. The van der Waals surface area contributed by atoms with Gasteiger partial charge in [-0.1, -0.05) is 231 Å². The second-order valence-electron chi connectivity index (χ2n) is 24.7. The molecule has 20 aromatic rings. The molecule has 0 atom stereocenters. The van der Waals surface area contributed by atoms with Gasteiger partial charge in [-0.05, 0) is 122 Å². The van der Waals surface area contributed by atoms with Crippen molar-refractivity contribution in [3.63, 3.8) is 0 Å². The van der Waals surface area contributed by atoms with Crippen molar-refractivity contribution in [3.05, 3.63) is 315 Å². The zero-order chi connectivity index (χ0) is 61.7. The summed E-state index contributed by atoms with van der Waals surface area (Å²) in [6.45, 7) is 0. The summed E-state index contributed by atoms with van der Waals surface area (Å²) in [5.74, 6) is 0.535. The lowest BCUT2D eigenvalue weighted by molar-refractivity contribution is 1.02. The summed E-state index contributed by atoms with van der Waals surface area (Å²) in [6, 6.07) is 115. The zero-order valence-electron chi connectivity index (χ0n) is 50.6. The van der Waals surface area contributed by atoms with Gasteiger partial charge >= 0.3 is 0 Å². The highest BCUT2D eigenvalue weighted by atomic mass is 15.1. The number of fused-ring (bicyclic) bond motifs is 16. The molecule has 0 N–H and O–H groups in total. The fourth-order valence-electron chi connectivity index (χ4n) is 15.5. The van der Waals surface area contributed by atoms with E-state index in [1.54, 1.807) is 0 Å². The van der Waals surface area contributed by atoms with Gasteiger partial charge in [-0.15, -0.1) is 0 Å². The highest BCUT2D eigenvalue weighted by Gasteiger charge is 2.36. The predicted octanol–water partition coefficient (Wildman–Crippen LogP) is 22.4. The molecule has 0 amide bonds. The van der Waals surface area contributed by atoms with E-state index >= 15 is 0 Å². The summed E-state index contributed by atoms with van der Waals surface area (Å²) in [5.41, 5.74) is 15.2. The van der Waals surface area contributed by atoms with E-state index in [0.717, 1.165) is 164 Å². The Balaban J connectivity index is 1.14. The molecule has 94 heavy (non-hydrogen) atoms. The van der Waals surface area contributed by atoms with Crippen LogP contribution in [0, 0.1) is 11.3 Å². The van der Waals surface area contributed by atoms with Crippen LogP contribution in [0.25, 0.3) is 187 Å². The molecule has 5 aromatic heterocycles. The van der Waals surface area contributed by atoms with E-state index in [0.29, 0.717) is 28.3 Å². The van der Waals surface area contributed by atoms with Gasteiger partial charge in [0.1, 0.15) is 6.07 Å². The van der Waals surface area contributed by atoms with Crippen molar-refractivity contribution in [2.24, 2.45) is 0 Å². The molecule has 0 aliphatic carbocycles. The summed E-state index contributed by atoms with van der Waals surface area (Å²) in [6.07, 6.45) is 0. The predicted molar refractivity (Wildman–Crippen MR) is 390 cm³/mol. The van der Waals surface area contributed by atoms with Crippen LogP contribution in [0.15, 0.2) is 309 Å². The van der Waals surface area contributed by atoms with E-state index in [4.69, 9.17) is 9.97 Å². The van der Waals surface area contributed by atoms with Gasteiger partial charge in [0.25, 0.3) is 0 Å². The number of benzene rings is 15. The number of nitrogens with zero attached hydrogens (tertiary/aromatic N) is 7. The number of nitriles is 1. The maximum absolute atomic E-state index is 13.5. The lowest BCUT2D eigenvalue weighted by Crippen LogP contribution is -2.17. The van der Waals surface area contributed by atoms with Crippen LogP contribution in [0.1, 0.15) is 5.56 Å². The average molecular weight is 1190 g/mol. The lowest BCUT2D eigenvalue weighted by Gasteiger charge is -2.29. The maximum atomic E-state index is 13.5. The molecule has 0 spiro atoms. The number of hydrogen-bond donors (Lipinski definition) is 0. The molecule has 0 aliphatic rings. The van der Waals surface area contributed by atoms with E-state index in [9.17, 15) is 5.26 Å². The second kappa shape index (κ2) is 20.1. The van der Waals surface area contributed by atoms with Crippen LogP contribution in [-0.2, 0) is 0 Å². The molecule has 434 valence electrons. The fourth-order valence-corrected chi connectivity index (χ4v) is 15.5. The minimum absolute atomic E-state index is 0.436. The average Bonchev–Trinajstić information content (AvgIpc) is 1.45. The Bertz CT molecular complexity index is 6620. The van der Waals surface area contributed by atoms with Gasteiger partial charge in [0, 0.05) is 59.8 Å². The topological polar surface area (TPSA) is 69.3 Å². The van der Waals surface area contributed by atoms with E-state index in [-0.39, 0.29) is 0 Å². The van der Waals surface area contributed by atoms with Gasteiger partial charge in [0.05, 0.1) is 83.8 Å². The molecule has 0 saturated carbocycles. The fraction of sp³-hybridized carbons (Fsp3) is 0. The third-order valence-corrected chi connectivity index (χ3v) is 19.6. The molecular formula is C87H51N7. The third kappa shape index (κ3) is 7.53. The number of aromatic nitrogens is 6. The zero-order valence-corrected chi connectivity index (χ0v) is 50.6. The summed E-state index contributed by atoms with van der Waals surface area (Å²) >= 11 is 0. The monoisotopic (exact) mass is 1190 g/mol. The van der Waals surface area contributed by atoms with E-state index in [1.807, 2.05) is 24.3 Å². The third-order valence-electron chi connectivity index (χ3n) is 19.6. The quantitative estimate of drug-likeness (QED) is 0.160. The highest BCUT2D eigenvalue weighted by Crippen LogP contribution is 2.53. The van der Waals surface area contributed by atoms with Crippen LogP contribution in [0.5, 0.6) is 0 Å². The highest BCUT2D eigenvalue weighted by molar-refractivity contribution is 6.21. The van der Waals surface area contributed by atoms with Crippen molar-refractivity contribution in [1.82, 2.24) is 28.2 Å². The molecule has 15 aromatic carbocycles.